The van der Waals surface area contributed by atoms with Gasteiger partial charge in [-0.05, 0) is 74.0 Å². The minimum Gasteiger partial charge on any atom is -0.344 e. The SMILES string of the molecule is c1ccc(-n2ccc3c2ccc2c4c5ccccc5c5ccccc5c4n(C4=Nc5ccccc5C(c5ccc(-c6cccc7ccccc67)cc5)N4)c23)cc1. The van der Waals surface area contributed by atoms with Crippen molar-refractivity contribution in [2.24, 2.45) is 4.99 Å². The standard InChI is InChI=1S/C52H34N4/c1-2-15-36(16-3-1)55-32-31-44-47(55)30-29-45-48-41-20-8-6-18-39(41)40-19-7-9-21-42(40)51(48)56(50(44)45)52-53-46-24-11-10-22-43(46)49(54-52)35-27-25-34(26-28-35)38-23-12-14-33-13-4-5-17-37(33)38/h1-32,49H,(H,53,54). The normalized spacial score (nSPS) is 14.1. The maximum atomic E-state index is 5.48. The quantitative estimate of drug-likeness (QED) is 0.182. The highest BCUT2D eigenvalue weighted by molar-refractivity contribution is 6.35. The smallest absolute Gasteiger partial charge is 0.209 e. The molecule has 12 rings (SSSR count). The lowest BCUT2D eigenvalue weighted by Crippen LogP contribution is -2.36. The summed E-state index contributed by atoms with van der Waals surface area (Å²) in [4.78, 5) is 5.48. The van der Waals surface area contributed by atoms with Crippen molar-refractivity contribution < 1.29 is 0 Å². The summed E-state index contributed by atoms with van der Waals surface area (Å²) in [5.41, 5.74) is 10.3. The van der Waals surface area contributed by atoms with E-state index in [0.717, 1.165) is 39.4 Å². The summed E-state index contributed by atoms with van der Waals surface area (Å²) in [6.45, 7) is 0. The first kappa shape index (κ1) is 31.0. The summed E-state index contributed by atoms with van der Waals surface area (Å²) >= 11 is 0. The van der Waals surface area contributed by atoms with Crippen LogP contribution in [0, 0.1) is 0 Å². The summed E-state index contributed by atoms with van der Waals surface area (Å²) in [7, 11) is 0. The second-order valence-electron chi connectivity index (χ2n) is 14.8. The highest BCUT2D eigenvalue weighted by atomic mass is 15.2. The van der Waals surface area contributed by atoms with Gasteiger partial charge in [0.05, 0.1) is 28.3 Å². The van der Waals surface area contributed by atoms with Crippen LogP contribution in [0.1, 0.15) is 17.2 Å². The maximum Gasteiger partial charge on any atom is 0.209 e. The molecule has 0 spiro atoms. The van der Waals surface area contributed by atoms with Crippen LogP contribution in [0.3, 0.4) is 0 Å². The molecule has 1 atom stereocenters. The highest BCUT2D eigenvalue weighted by Crippen LogP contribution is 2.45. The number of hydrogen-bond donors (Lipinski definition) is 1. The Kier molecular flexibility index (Phi) is 6.66. The Hall–Kier alpha value is -7.43. The third-order valence-corrected chi connectivity index (χ3v) is 11.8. The zero-order chi connectivity index (χ0) is 36.7. The molecule has 1 N–H and O–H groups in total. The summed E-state index contributed by atoms with van der Waals surface area (Å²) < 4.78 is 4.71. The number of benzene rings is 9. The van der Waals surface area contributed by atoms with Crippen LogP contribution in [0.2, 0.25) is 0 Å². The van der Waals surface area contributed by atoms with Gasteiger partial charge in [0.15, 0.2) is 0 Å². The number of rotatable bonds is 3. The lowest BCUT2D eigenvalue weighted by Gasteiger charge is -2.29. The molecular weight excluding hydrogens is 681 g/mol. The van der Waals surface area contributed by atoms with Gasteiger partial charge in [-0.1, -0.05) is 158 Å². The summed E-state index contributed by atoms with van der Waals surface area (Å²) in [6, 6.07) is 67.9. The number of hydrogen-bond acceptors (Lipinski definition) is 2. The van der Waals surface area contributed by atoms with E-state index >= 15 is 0 Å². The van der Waals surface area contributed by atoms with Crippen LogP contribution < -0.4 is 5.32 Å². The first-order chi connectivity index (χ1) is 27.8. The van der Waals surface area contributed by atoms with Gasteiger partial charge >= 0.3 is 0 Å². The second kappa shape index (κ2) is 12.0. The Bertz CT molecular complexity index is 3380. The van der Waals surface area contributed by atoms with E-state index in [4.69, 9.17) is 4.99 Å². The second-order valence-corrected chi connectivity index (χ2v) is 14.8. The van der Waals surface area contributed by atoms with Gasteiger partial charge in [0.2, 0.25) is 5.96 Å². The third-order valence-electron chi connectivity index (χ3n) is 11.8. The molecule has 0 fully saturated rings. The Balaban J connectivity index is 1.12. The minimum absolute atomic E-state index is 0.118. The van der Waals surface area contributed by atoms with Gasteiger partial charge < -0.3 is 9.88 Å². The van der Waals surface area contributed by atoms with Gasteiger partial charge in [-0.15, -0.1) is 0 Å². The molecule has 11 aromatic rings. The molecule has 1 aliphatic heterocycles. The largest absolute Gasteiger partial charge is 0.344 e. The van der Waals surface area contributed by atoms with Crippen LogP contribution in [0.4, 0.5) is 5.69 Å². The van der Waals surface area contributed by atoms with Crippen molar-refractivity contribution in [3.63, 3.8) is 0 Å². The zero-order valence-corrected chi connectivity index (χ0v) is 30.4. The topological polar surface area (TPSA) is 34.2 Å². The molecule has 0 amide bonds. The molecule has 2 aromatic heterocycles. The van der Waals surface area contributed by atoms with Crippen LogP contribution in [0.15, 0.2) is 199 Å². The van der Waals surface area contributed by atoms with Crippen LogP contribution >= 0.6 is 0 Å². The van der Waals surface area contributed by atoms with Crippen LogP contribution in [-0.4, -0.2) is 15.1 Å². The van der Waals surface area contributed by atoms with Crippen molar-refractivity contribution in [3.8, 4) is 16.8 Å². The molecule has 4 nitrogen and oxygen atoms in total. The van der Waals surface area contributed by atoms with Crippen molar-refractivity contribution in [2.75, 3.05) is 0 Å². The van der Waals surface area contributed by atoms with E-state index in [0.29, 0.717) is 0 Å². The molecule has 262 valence electrons. The summed E-state index contributed by atoms with van der Waals surface area (Å²) in [5.74, 6) is 0.812. The molecule has 0 radical (unpaired) electrons. The number of fused-ring (bicyclic) bond motifs is 12. The fraction of sp³-hybridized carbons (Fsp3) is 0.0192. The van der Waals surface area contributed by atoms with Crippen molar-refractivity contribution in [3.05, 3.63) is 205 Å². The predicted octanol–water partition coefficient (Wildman–Crippen LogP) is 13.1. The van der Waals surface area contributed by atoms with E-state index in [-0.39, 0.29) is 6.04 Å². The van der Waals surface area contributed by atoms with Gasteiger partial charge in [0.25, 0.3) is 0 Å². The Labute approximate surface area is 323 Å². The maximum absolute atomic E-state index is 5.48. The van der Waals surface area contributed by atoms with E-state index in [2.05, 4.69) is 209 Å². The lowest BCUT2D eigenvalue weighted by atomic mass is 9.93. The molecule has 0 saturated carbocycles. The first-order valence-electron chi connectivity index (χ1n) is 19.3. The first-order valence-corrected chi connectivity index (χ1v) is 19.3. The van der Waals surface area contributed by atoms with E-state index in [9.17, 15) is 0 Å². The molecule has 1 aliphatic rings. The predicted molar refractivity (Wildman–Crippen MR) is 235 cm³/mol. The van der Waals surface area contributed by atoms with Gasteiger partial charge in [-0.3, -0.25) is 4.57 Å². The Morgan fingerprint density at radius 1 is 0.464 bits per heavy atom. The molecule has 56 heavy (non-hydrogen) atoms. The molecule has 3 heterocycles. The number of aliphatic imine (C=N–C) groups is 1. The zero-order valence-electron chi connectivity index (χ0n) is 30.4. The molecule has 9 aromatic carbocycles. The van der Waals surface area contributed by atoms with Crippen molar-refractivity contribution in [1.82, 2.24) is 14.5 Å². The van der Waals surface area contributed by atoms with Gasteiger partial charge in [0.1, 0.15) is 0 Å². The van der Waals surface area contributed by atoms with Crippen LogP contribution in [-0.2, 0) is 0 Å². The monoisotopic (exact) mass is 714 g/mol. The average molecular weight is 715 g/mol. The molecule has 0 saturated heterocycles. The van der Waals surface area contributed by atoms with Crippen LogP contribution in [0.5, 0.6) is 0 Å². The lowest BCUT2D eigenvalue weighted by molar-refractivity contribution is 0.732. The van der Waals surface area contributed by atoms with Gasteiger partial charge in [0, 0.05) is 39.0 Å². The van der Waals surface area contributed by atoms with E-state index < -0.39 is 0 Å². The fourth-order valence-electron chi connectivity index (χ4n) is 9.31. The molecule has 1 unspecified atom stereocenters. The number of para-hydroxylation sites is 2. The highest BCUT2D eigenvalue weighted by Gasteiger charge is 2.29. The van der Waals surface area contributed by atoms with Gasteiger partial charge in [-0.2, -0.15) is 0 Å². The fourth-order valence-corrected chi connectivity index (χ4v) is 9.31. The van der Waals surface area contributed by atoms with E-state index in [1.54, 1.807) is 0 Å². The summed E-state index contributed by atoms with van der Waals surface area (Å²) in [5, 5.41) is 15.1. The molecular formula is C52H34N4. The number of nitrogens with one attached hydrogen (secondary N) is 1. The third kappa shape index (κ3) is 4.50. The molecule has 0 aliphatic carbocycles. The molecule has 0 bridgehead atoms. The number of nitrogens with zero attached hydrogens (tertiary/aromatic N) is 3. The van der Waals surface area contributed by atoms with E-state index in [1.807, 2.05) is 0 Å². The Morgan fingerprint density at radius 3 is 1.98 bits per heavy atom. The van der Waals surface area contributed by atoms with Gasteiger partial charge in [-0.25, -0.2) is 4.99 Å². The minimum atomic E-state index is -0.118. The van der Waals surface area contributed by atoms with Crippen molar-refractivity contribution >= 4 is 76.7 Å². The van der Waals surface area contributed by atoms with E-state index in [1.165, 1.54) is 65.2 Å². The van der Waals surface area contributed by atoms with Crippen molar-refractivity contribution in [2.45, 2.75) is 6.04 Å². The Morgan fingerprint density at radius 2 is 1.14 bits per heavy atom. The summed E-state index contributed by atoms with van der Waals surface area (Å²) in [6.07, 6.45) is 2.20. The molecule has 4 heteroatoms. The van der Waals surface area contributed by atoms with Crippen LogP contribution in [0.25, 0.3) is 81.8 Å². The number of aromatic nitrogens is 2. The van der Waals surface area contributed by atoms with Crippen molar-refractivity contribution in [1.29, 1.82) is 0 Å². The average Bonchev–Trinajstić information content (AvgIpc) is 3.87.